The Hall–Kier alpha value is -1.27. The molecule has 0 atom stereocenters. The molecule has 4 nitrogen and oxygen atoms in total. The summed E-state index contributed by atoms with van der Waals surface area (Å²) in [5.41, 5.74) is 1.44. The molecule has 2 aliphatic rings. The van der Waals surface area contributed by atoms with Crippen LogP contribution >= 0.6 is 35.0 Å². The molecule has 5 rings (SSSR count). The van der Waals surface area contributed by atoms with Gasteiger partial charge in [-0.25, -0.2) is 0 Å². The predicted molar refractivity (Wildman–Crippen MR) is 109 cm³/mol. The van der Waals surface area contributed by atoms with Crippen molar-refractivity contribution < 1.29 is 5.11 Å². The largest absolute Gasteiger partial charge is 0.390 e. The minimum absolute atomic E-state index is 0.0357. The zero-order chi connectivity index (χ0) is 18.6. The Balaban J connectivity index is 1.48. The number of aromatic nitrogens is 3. The van der Waals surface area contributed by atoms with Crippen LogP contribution in [0.3, 0.4) is 0 Å². The van der Waals surface area contributed by atoms with Crippen molar-refractivity contribution in [1.29, 1.82) is 0 Å². The van der Waals surface area contributed by atoms with Crippen LogP contribution in [0.5, 0.6) is 0 Å². The monoisotopic (exact) mass is 419 g/mol. The SMILES string of the molecule is OC12CCC(c3nnc4c(CSc5c(Cl)cccc5Cl)cccn34)(CC1)C2. The first-order valence-electron chi connectivity index (χ1n) is 9.12. The summed E-state index contributed by atoms with van der Waals surface area (Å²) < 4.78 is 2.11. The lowest BCUT2D eigenvalue weighted by Gasteiger charge is -2.24. The lowest BCUT2D eigenvalue weighted by atomic mass is 9.83. The van der Waals surface area contributed by atoms with E-state index in [2.05, 4.69) is 20.7 Å². The summed E-state index contributed by atoms with van der Waals surface area (Å²) in [5, 5.41) is 21.0. The number of thioether (sulfide) groups is 1. The highest BCUT2D eigenvalue weighted by molar-refractivity contribution is 7.98. The first-order valence-corrected chi connectivity index (χ1v) is 10.9. The maximum absolute atomic E-state index is 10.6. The molecule has 2 aromatic heterocycles. The Bertz CT molecular complexity index is 1010. The van der Waals surface area contributed by atoms with E-state index in [0.717, 1.165) is 54.0 Å². The lowest BCUT2D eigenvalue weighted by Crippen LogP contribution is -2.23. The van der Waals surface area contributed by atoms with Gasteiger partial charge in [-0.2, -0.15) is 0 Å². The van der Waals surface area contributed by atoms with Crippen molar-refractivity contribution in [3.05, 3.63) is 58.0 Å². The highest BCUT2D eigenvalue weighted by Gasteiger charge is 2.56. The van der Waals surface area contributed by atoms with Crippen molar-refractivity contribution >= 4 is 40.6 Å². The van der Waals surface area contributed by atoms with Crippen LogP contribution in [0.15, 0.2) is 41.4 Å². The van der Waals surface area contributed by atoms with Gasteiger partial charge in [0.1, 0.15) is 5.82 Å². The van der Waals surface area contributed by atoms with Crippen molar-refractivity contribution in [2.45, 2.75) is 53.8 Å². The third-order valence-corrected chi connectivity index (χ3v) is 8.12. The van der Waals surface area contributed by atoms with Gasteiger partial charge in [0.25, 0.3) is 0 Å². The van der Waals surface area contributed by atoms with E-state index in [1.54, 1.807) is 11.8 Å². The number of benzene rings is 1. The number of hydrogen-bond acceptors (Lipinski definition) is 4. The molecule has 0 radical (unpaired) electrons. The zero-order valence-corrected chi connectivity index (χ0v) is 17.0. The summed E-state index contributed by atoms with van der Waals surface area (Å²) >= 11 is 14.2. The zero-order valence-electron chi connectivity index (χ0n) is 14.7. The van der Waals surface area contributed by atoms with Crippen molar-refractivity contribution in [3.8, 4) is 0 Å². The summed E-state index contributed by atoms with van der Waals surface area (Å²) in [4.78, 5) is 0.887. The van der Waals surface area contributed by atoms with Gasteiger partial charge in [0.05, 0.1) is 15.6 Å². The minimum atomic E-state index is -0.500. The van der Waals surface area contributed by atoms with Crippen molar-refractivity contribution in [2.75, 3.05) is 0 Å². The Labute approximate surface area is 171 Å². The molecule has 2 saturated carbocycles. The van der Waals surface area contributed by atoms with Crippen LogP contribution in [0, 0.1) is 0 Å². The van der Waals surface area contributed by atoms with Crippen molar-refractivity contribution in [3.63, 3.8) is 0 Å². The van der Waals surface area contributed by atoms with Crippen LogP contribution in [-0.2, 0) is 11.2 Å². The molecule has 2 bridgehead atoms. The minimum Gasteiger partial charge on any atom is -0.390 e. The number of hydrogen-bond donors (Lipinski definition) is 1. The average Bonchev–Trinajstić information content (AvgIpc) is 3.32. The summed E-state index contributed by atoms with van der Waals surface area (Å²) in [6, 6.07) is 9.67. The fourth-order valence-corrected chi connectivity index (χ4v) is 6.36. The van der Waals surface area contributed by atoms with Gasteiger partial charge in [-0.1, -0.05) is 35.3 Å². The molecular formula is C20H19Cl2N3OS. The highest BCUT2D eigenvalue weighted by atomic mass is 35.5. The number of nitrogens with zero attached hydrogens (tertiary/aromatic N) is 3. The number of rotatable bonds is 4. The third-order valence-electron chi connectivity index (χ3n) is 6.09. The summed E-state index contributed by atoms with van der Waals surface area (Å²) in [6.45, 7) is 0. The molecule has 2 heterocycles. The van der Waals surface area contributed by atoms with Crippen LogP contribution in [0.25, 0.3) is 5.65 Å². The van der Waals surface area contributed by atoms with E-state index in [1.807, 2.05) is 30.5 Å². The molecule has 27 heavy (non-hydrogen) atoms. The molecule has 1 aromatic carbocycles. The number of aliphatic hydroxyl groups is 1. The third kappa shape index (κ3) is 2.87. The van der Waals surface area contributed by atoms with E-state index in [9.17, 15) is 5.11 Å². The van der Waals surface area contributed by atoms with E-state index in [-0.39, 0.29) is 5.41 Å². The molecule has 140 valence electrons. The molecule has 0 amide bonds. The summed E-state index contributed by atoms with van der Waals surface area (Å²) in [6.07, 6.45) is 6.53. The average molecular weight is 420 g/mol. The lowest BCUT2D eigenvalue weighted by molar-refractivity contribution is 0.0521. The fourth-order valence-electron chi connectivity index (χ4n) is 4.70. The molecule has 7 heteroatoms. The quantitative estimate of drug-likeness (QED) is 0.584. The van der Waals surface area contributed by atoms with Crippen LogP contribution in [0.2, 0.25) is 10.0 Å². The number of fused-ring (bicyclic) bond motifs is 3. The first kappa shape index (κ1) is 17.8. The van der Waals surface area contributed by atoms with Gasteiger partial charge in [-0.05, 0) is 50.3 Å². The highest BCUT2D eigenvalue weighted by Crippen LogP contribution is 2.57. The molecule has 0 spiro atoms. The molecule has 3 aromatic rings. The summed E-state index contributed by atoms with van der Waals surface area (Å²) in [7, 11) is 0. The van der Waals surface area contributed by atoms with Gasteiger partial charge in [0.15, 0.2) is 5.65 Å². The second-order valence-electron chi connectivity index (χ2n) is 7.77. The van der Waals surface area contributed by atoms with E-state index in [0.29, 0.717) is 15.8 Å². The second-order valence-corrected chi connectivity index (χ2v) is 9.57. The first-order chi connectivity index (χ1) is 13.0. The smallest absolute Gasteiger partial charge is 0.164 e. The van der Waals surface area contributed by atoms with E-state index in [4.69, 9.17) is 23.2 Å². The Morgan fingerprint density at radius 2 is 1.78 bits per heavy atom. The van der Waals surface area contributed by atoms with Crippen LogP contribution in [0.1, 0.15) is 43.5 Å². The van der Waals surface area contributed by atoms with E-state index >= 15 is 0 Å². The van der Waals surface area contributed by atoms with Gasteiger partial charge in [-0.3, -0.25) is 4.40 Å². The number of halogens is 2. The van der Waals surface area contributed by atoms with E-state index < -0.39 is 5.60 Å². The summed E-state index contributed by atoms with van der Waals surface area (Å²) in [5.74, 6) is 1.71. The normalized spacial score (nSPS) is 26.9. The van der Waals surface area contributed by atoms with Gasteiger partial charge in [0, 0.05) is 27.8 Å². The van der Waals surface area contributed by atoms with Crippen LogP contribution in [0.4, 0.5) is 0 Å². The molecule has 0 unspecified atom stereocenters. The van der Waals surface area contributed by atoms with Crippen LogP contribution in [-0.4, -0.2) is 25.3 Å². The Morgan fingerprint density at radius 1 is 1.04 bits per heavy atom. The molecular weight excluding hydrogens is 401 g/mol. The van der Waals surface area contributed by atoms with Gasteiger partial charge >= 0.3 is 0 Å². The topological polar surface area (TPSA) is 50.4 Å². The van der Waals surface area contributed by atoms with Gasteiger partial charge < -0.3 is 5.11 Å². The molecule has 0 saturated heterocycles. The van der Waals surface area contributed by atoms with Crippen LogP contribution < -0.4 is 0 Å². The predicted octanol–water partition coefficient (Wildman–Crippen LogP) is 5.28. The fraction of sp³-hybridized carbons (Fsp3) is 0.400. The van der Waals surface area contributed by atoms with Crippen molar-refractivity contribution in [2.24, 2.45) is 0 Å². The maximum atomic E-state index is 10.6. The molecule has 2 aliphatic carbocycles. The Kier molecular flexibility index (Phi) is 4.20. The molecule has 2 fully saturated rings. The van der Waals surface area contributed by atoms with Gasteiger partial charge in [-0.15, -0.1) is 22.0 Å². The van der Waals surface area contributed by atoms with E-state index in [1.165, 1.54) is 0 Å². The maximum Gasteiger partial charge on any atom is 0.164 e. The molecule has 0 aliphatic heterocycles. The second kappa shape index (κ2) is 6.38. The number of pyridine rings is 1. The Morgan fingerprint density at radius 3 is 2.44 bits per heavy atom. The van der Waals surface area contributed by atoms with Crippen molar-refractivity contribution in [1.82, 2.24) is 14.6 Å². The van der Waals surface area contributed by atoms with Gasteiger partial charge in [0.2, 0.25) is 0 Å². The standard InChI is InChI=1S/C20H19Cl2N3OS/c21-14-4-1-5-15(22)16(14)27-11-13-3-2-10-25-17(13)23-24-18(25)19-6-8-20(26,12-19)9-7-19/h1-5,10,26H,6-9,11-12H2. The molecule has 1 N–H and O–H groups in total.